The predicted octanol–water partition coefficient (Wildman–Crippen LogP) is 5.83. The van der Waals surface area contributed by atoms with Gasteiger partial charge in [-0.25, -0.2) is 0 Å². The maximum atomic E-state index is 12.6. The fourth-order valence-electron chi connectivity index (χ4n) is 4.81. The van der Waals surface area contributed by atoms with Gasteiger partial charge in [-0.05, 0) is 74.2 Å². The van der Waals surface area contributed by atoms with Crippen molar-refractivity contribution in [1.29, 1.82) is 0 Å². The summed E-state index contributed by atoms with van der Waals surface area (Å²) in [6, 6.07) is 17.4. The summed E-state index contributed by atoms with van der Waals surface area (Å²) in [5.41, 5.74) is 6.12. The largest absolute Gasteiger partial charge is 0.323 e. The summed E-state index contributed by atoms with van der Waals surface area (Å²) >= 11 is 0. The Morgan fingerprint density at radius 1 is 1.00 bits per heavy atom. The van der Waals surface area contributed by atoms with Gasteiger partial charge in [0.15, 0.2) is 5.65 Å². The van der Waals surface area contributed by atoms with Gasteiger partial charge < -0.3 is 5.32 Å². The van der Waals surface area contributed by atoms with E-state index in [4.69, 9.17) is 0 Å². The number of benzene rings is 2. The highest BCUT2D eigenvalue weighted by atomic mass is 16.1. The molecule has 34 heavy (non-hydrogen) atoms. The second-order valence-electron chi connectivity index (χ2n) is 9.57. The molecule has 2 aromatic carbocycles. The Kier molecular flexibility index (Phi) is 6.33. The fraction of sp³-hybridized carbons (Fsp3) is 0.393. The third kappa shape index (κ3) is 4.42. The number of nitrogens with zero attached hydrogens (tertiary/aromatic N) is 4. The third-order valence-corrected chi connectivity index (χ3v) is 7.09. The molecule has 0 bridgehead atoms. The van der Waals surface area contributed by atoms with Crippen molar-refractivity contribution in [3.63, 3.8) is 0 Å². The first kappa shape index (κ1) is 22.5. The third-order valence-electron chi connectivity index (χ3n) is 7.09. The summed E-state index contributed by atoms with van der Waals surface area (Å²) in [7, 11) is 0. The number of hydrogen-bond acceptors (Lipinski definition) is 4. The number of carbonyl (C=O) groups excluding carboxylic acids is 1. The van der Waals surface area contributed by atoms with Crippen molar-refractivity contribution in [2.75, 3.05) is 18.4 Å². The first-order chi connectivity index (χ1) is 16.5. The summed E-state index contributed by atoms with van der Waals surface area (Å²) in [5.74, 6) is 0.744. The summed E-state index contributed by atoms with van der Waals surface area (Å²) in [6.45, 7) is 9.34. The number of likely N-dealkylation sites (tertiary alicyclic amines) is 1. The number of anilines is 1. The Bertz CT molecular complexity index is 1320. The minimum Gasteiger partial charge on any atom is -0.323 e. The van der Waals surface area contributed by atoms with E-state index in [2.05, 4.69) is 62.9 Å². The van der Waals surface area contributed by atoms with Crippen molar-refractivity contribution < 1.29 is 4.79 Å². The molecule has 2 aromatic heterocycles. The van der Waals surface area contributed by atoms with E-state index >= 15 is 0 Å². The second-order valence-corrected chi connectivity index (χ2v) is 9.57. The number of hydrogen-bond donors (Lipinski definition) is 1. The van der Waals surface area contributed by atoms with Crippen LogP contribution in [-0.4, -0.2) is 38.5 Å². The molecule has 0 saturated carbocycles. The summed E-state index contributed by atoms with van der Waals surface area (Å²) in [5, 5.41) is 12.7. The number of amides is 1. The summed E-state index contributed by atoms with van der Waals surface area (Å²) < 4.78 is 2.02. The second kappa shape index (κ2) is 9.55. The average molecular weight is 456 g/mol. The number of fused-ring (bicyclic) bond motifs is 3. The van der Waals surface area contributed by atoms with E-state index in [1.165, 1.54) is 43.5 Å². The van der Waals surface area contributed by atoms with E-state index in [1.54, 1.807) is 0 Å². The minimum atomic E-state index is -0.0606. The number of aryl methyl sites for hydroxylation is 1. The maximum absolute atomic E-state index is 12.6. The van der Waals surface area contributed by atoms with Crippen molar-refractivity contribution in [3.8, 4) is 11.1 Å². The molecule has 0 aliphatic carbocycles. The zero-order valence-electron chi connectivity index (χ0n) is 20.3. The van der Waals surface area contributed by atoms with Gasteiger partial charge in [-0.1, -0.05) is 50.6 Å². The molecule has 0 radical (unpaired) electrons. The normalized spacial score (nSPS) is 15.6. The number of rotatable bonds is 6. The lowest BCUT2D eigenvalue weighted by atomic mass is 10.0. The van der Waals surface area contributed by atoms with Crippen molar-refractivity contribution in [2.24, 2.45) is 5.92 Å². The zero-order valence-corrected chi connectivity index (χ0v) is 20.3. The van der Waals surface area contributed by atoms with Gasteiger partial charge in [0.2, 0.25) is 5.91 Å². The van der Waals surface area contributed by atoms with Crippen LogP contribution in [0.5, 0.6) is 0 Å². The van der Waals surface area contributed by atoms with Crippen LogP contribution in [0.25, 0.3) is 27.7 Å². The summed E-state index contributed by atoms with van der Waals surface area (Å²) in [6.07, 6.45) is 4.78. The quantitative estimate of drug-likeness (QED) is 0.397. The van der Waals surface area contributed by atoms with E-state index in [0.717, 1.165) is 35.3 Å². The van der Waals surface area contributed by atoms with Gasteiger partial charge in [-0.15, -0.1) is 10.2 Å². The monoisotopic (exact) mass is 455 g/mol. The number of carbonyl (C=O) groups is 1. The molecule has 3 heterocycles. The molecular weight excluding hydrogens is 422 g/mol. The van der Waals surface area contributed by atoms with E-state index in [9.17, 15) is 4.79 Å². The fourth-order valence-corrected chi connectivity index (χ4v) is 4.81. The number of aromatic nitrogens is 3. The molecule has 5 rings (SSSR count). The molecule has 6 heteroatoms. The molecule has 1 aliphatic rings. The topological polar surface area (TPSA) is 62.5 Å². The molecule has 6 nitrogen and oxygen atoms in total. The van der Waals surface area contributed by atoms with E-state index in [-0.39, 0.29) is 11.8 Å². The molecule has 1 atom stereocenters. The maximum Gasteiger partial charge on any atom is 0.227 e. The first-order valence-corrected chi connectivity index (χ1v) is 12.4. The molecule has 176 valence electrons. The van der Waals surface area contributed by atoms with Crippen LogP contribution < -0.4 is 5.32 Å². The van der Waals surface area contributed by atoms with Gasteiger partial charge in [0.25, 0.3) is 0 Å². The number of piperidine rings is 1. The number of nitrogens with one attached hydrogen (secondary N) is 1. The molecular formula is C28H33N5O. The van der Waals surface area contributed by atoms with Crippen LogP contribution in [0.3, 0.4) is 0 Å². The first-order valence-electron chi connectivity index (χ1n) is 12.4. The highest BCUT2D eigenvalue weighted by Gasteiger charge is 2.17. The lowest BCUT2D eigenvalue weighted by Gasteiger charge is -2.26. The Hall–Kier alpha value is -3.25. The summed E-state index contributed by atoms with van der Waals surface area (Å²) in [4.78, 5) is 15.2. The van der Waals surface area contributed by atoms with Crippen LogP contribution in [-0.2, 0) is 11.3 Å². The molecule has 1 amide bonds. The highest BCUT2D eigenvalue weighted by Crippen LogP contribution is 2.30. The lowest BCUT2D eigenvalue weighted by molar-refractivity contribution is -0.119. The van der Waals surface area contributed by atoms with Crippen molar-refractivity contribution >= 4 is 28.1 Å². The standard InChI is InChI=1S/C28H33N5O/c1-4-19(2)28(34)29-25-17-24-16-23(12-13-26(24)33-20(3)30-31-27(25)33)22-10-8-21(9-11-22)18-32-14-6-5-7-15-32/h8-13,16-17,19H,4-7,14-15,18H2,1-3H3,(H,29,34). The Labute approximate surface area is 201 Å². The highest BCUT2D eigenvalue weighted by molar-refractivity contribution is 6.00. The number of pyridine rings is 1. The minimum absolute atomic E-state index is 0.00449. The molecule has 1 aliphatic heterocycles. The Morgan fingerprint density at radius 2 is 1.74 bits per heavy atom. The molecule has 4 aromatic rings. The molecule has 0 spiro atoms. The molecule has 1 N–H and O–H groups in total. The van der Waals surface area contributed by atoms with Crippen molar-refractivity contribution in [3.05, 3.63) is 59.9 Å². The van der Waals surface area contributed by atoms with Crippen LogP contribution in [0, 0.1) is 12.8 Å². The van der Waals surface area contributed by atoms with Crippen LogP contribution in [0.4, 0.5) is 5.69 Å². The van der Waals surface area contributed by atoms with Crippen LogP contribution >= 0.6 is 0 Å². The van der Waals surface area contributed by atoms with E-state index in [0.29, 0.717) is 11.3 Å². The van der Waals surface area contributed by atoms with Crippen LogP contribution in [0.2, 0.25) is 0 Å². The molecule has 1 unspecified atom stereocenters. The van der Waals surface area contributed by atoms with Crippen LogP contribution in [0.15, 0.2) is 48.5 Å². The lowest BCUT2D eigenvalue weighted by Crippen LogP contribution is -2.28. The Morgan fingerprint density at radius 3 is 2.47 bits per heavy atom. The van der Waals surface area contributed by atoms with Gasteiger partial charge >= 0.3 is 0 Å². The SMILES string of the molecule is CCC(C)C(=O)Nc1cc2cc(-c3ccc(CN4CCCCC4)cc3)ccc2n2c(C)nnc12. The van der Waals surface area contributed by atoms with Gasteiger partial charge in [0.05, 0.1) is 11.2 Å². The van der Waals surface area contributed by atoms with Crippen molar-refractivity contribution in [1.82, 2.24) is 19.5 Å². The van der Waals surface area contributed by atoms with E-state index < -0.39 is 0 Å². The molecule has 1 saturated heterocycles. The van der Waals surface area contributed by atoms with Gasteiger partial charge in [-0.2, -0.15) is 0 Å². The molecule has 1 fully saturated rings. The smallest absolute Gasteiger partial charge is 0.227 e. The zero-order chi connectivity index (χ0) is 23.7. The van der Waals surface area contributed by atoms with Gasteiger partial charge in [0.1, 0.15) is 5.82 Å². The van der Waals surface area contributed by atoms with E-state index in [1.807, 2.05) is 31.2 Å². The van der Waals surface area contributed by atoms with Crippen LogP contribution in [0.1, 0.15) is 50.9 Å². The van der Waals surface area contributed by atoms with Gasteiger partial charge in [0, 0.05) is 17.8 Å². The Balaban J connectivity index is 1.48. The van der Waals surface area contributed by atoms with Crippen molar-refractivity contribution in [2.45, 2.75) is 53.0 Å². The van der Waals surface area contributed by atoms with Gasteiger partial charge in [-0.3, -0.25) is 14.1 Å². The average Bonchev–Trinajstić information content (AvgIpc) is 3.26. The predicted molar refractivity (Wildman–Crippen MR) is 138 cm³/mol.